The van der Waals surface area contributed by atoms with Crippen LogP contribution >= 0.6 is 23.1 Å². The molecule has 3 aliphatic rings. The summed E-state index contributed by atoms with van der Waals surface area (Å²) in [7, 11) is 0. The first-order valence-electron chi connectivity index (χ1n) is 11.3. The molecule has 3 fully saturated rings. The Hall–Kier alpha value is -0.890. The number of hydrogen-bond acceptors (Lipinski definition) is 6. The lowest BCUT2D eigenvalue weighted by molar-refractivity contribution is -0.200. The Labute approximate surface area is 192 Å². The van der Waals surface area contributed by atoms with Gasteiger partial charge in [0, 0.05) is 21.6 Å². The van der Waals surface area contributed by atoms with Gasteiger partial charge in [0.25, 0.3) is 0 Å². The van der Waals surface area contributed by atoms with Crippen molar-refractivity contribution in [1.82, 2.24) is 0 Å². The van der Waals surface area contributed by atoms with E-state index in [2.05, 4.69) is 31.2 Å². The highest BCUT2D eigenvalue weighted by molar-refractivity contribution is 7.99. The second-order valence-corrected chi connectivity index (χ2v) is 11.7. The third kappa shape index (κ3) is 3.90. The van der Waals surface area contributed by atoms with Gasteiger partial charge >= 0.3 is 0 Å². The number of rotatable bonds is 5. The lowest BCUT2D eigenvalue weighted by atomic mass is 9.87. The van der Waals surface area contributed by atoms with Crippen LogP contribution in [-0.2, 0) is 16.6 Å². The Morgan fingerprint density at radius 2 is 1.94 bits per heavy atom. The number of aliphatic hydroxyl groups is 3. The van der Waals surface area contributed by atoms with E-state index in [0.717, 1.165) is 17.9 Å². The summed E-state index contributed by atoms with van der Waals surface area (Å²) >= 11 is 3.32. The standard InChI is InChI=1S/C25H32O4S2/c1-14-6-7-15(23-21(27)20(26)22(28)24(29-23)30-2)11-16(14)12-18-8-9-19(31-18)25-10-4-3-5-17(25)13-25/h6-9,11,17,20-24,26-28H,3-5,10,12-13H2,1-2H3/t17-,20-,21-,22+,23+,24-,25-/m1/s1. The quantitative estimate of drug-likeness (QED) is 0.620. The fraction of sp³-hybridized carbons (Fsp3) is 0.600. The van der Waals surface area contributed by atoms with E-state index in [1.54, 1.807) is 4.88 Å². The molecule has 0 amide bonds. The van der Waals surface area contributed by atoms with Crippen molar-refractivity contribution < 1.29 is 20.1 Å². The van der Waals surface area contributed by atoms with Gasteiger partial charge in [-0.2, -0.15) is 0 Å². The van der Waals surface area contributed by atoms with Gasteiger partial charge in [-0.25, -0.2) is 0 Å². The van der Waals surface area contributed by atoms with Crippen LogP contribution in [0.2, 0.25) is 0 Å². The average molecular weight is 461 g/mol. The minimum atomic E-state index is -1.22. The number of ether oxygens (including phenoxy) is 1. The van der Waals surface area contributed by atoms with Gasteiger partial charge in [-0.3, -0.25) is 0 Å². The third-order valence-electron chi connectivity index (χ3n) is 7.68. The predicted octanol–water partition coefficient (Wildman–Crippen LogP) is 4.32. The SMILES string of the molecule is CS[C@H]1O[C@@H](c2ccc(C)c(Cc3ccc([C@@]45CCCC[C@@H]4C5)s3)c2)[C@H](O)[C@@H](O)[C@@H]1O. The van der Waals surface area contributed by atoms with Gasteiger partial charge in [-0.1, -0.05) is 31.0 Å². The van der Waals surface area contributed by atoms with E-state index in [-0.39, 0.29) is 0 Å². The summed E-state index contributed by atoms with van der Waals surface area (Å²) in [6.07, 6.45) is 5.48. The molecule has 6 heteroatoms. The molecule has 2 heterocycles. The molecule has 7 atom stereocenters. The third-order valence-corrected chi connectivity index (χ3v) is 9.84. The largest absolute Gasteiger partial charge is 0.387 e. The van der Waals surface area contributed by atoms with E-state index in [1.165, 1.54) is 59.9 Å². The molecule has 0 bridgehead atoms. The lowest BCUT2D eigenvalue weighted by Crippen LogP contribution is -2.52. The zero-order valence-electron chi connectivity index (χ0n) is 18.2. The van der Waals surface area contributed by atoms with Gasteiger partial charge in [0.15, 0.2) is 0 Å². The number of aryl methyl sites for hydroxylation is 1. The van der Waals surface area contributed by atoms with E-state index in [4.69, 9.17) is 4.74 Å². The second-order valence-electron chi connectivity index (χ2n) is 9.56. The molecule has 5 rings (SSSR count). The summed E-state index contributed by atoms with van der Waals surface area (Å²) in [4.78, 5) is 2.95. The van der Waals surface area contributed by atoms with Crippen molar-refractivity contribution in [3.8, 4) is 0 Å². The number of hydrogen-bond donors (Lipinski definition) is 3. The predicted molar refractivity (Wildman–Crippen MR) is 126 cm³/mol. The monoisotopic (exact) mass is 460 g/mol. The van der Waals surface area contributed by atoms with Crippen molar-refractivity contribution >= 4 is 23.1 Å². The molecule has 31 heavy (non-hydrogen) atoms. The van der Waals surface area contributed by atoms with Gasteiger partial charge in [-0.15, -0.1) is 23.1 Å². The van der Waals surface area contributed by atoms with Gasteiger partial charge in [0.1, 0.15) is 29.9 Å². The normalized spacial score (nSPS) is 37.5. The Morgan fingerprint density at radius 1 is 1.10 bits per heavy atom. The Morgan fingerprint density at radius 3 is 2.71 bits per heavy atom. The molecular weight excluding hydrogens is 428 g/mol. The molecule has 0 unspecified atom stereocenters. The highest BCUT2D eigenvalue weighted by Gasteiger charge is 2.56. The smallest absolute Gasteiger partial charge is 0.132 e. The number of aliphatic hydroxyl groups excluding tert-OH is 3. The summed E-state index contributed by atoms with van der Waals surface area (Å²) in [6.45, 7) is 2.12. The molecule has 2 aromatic rings. The van der Waals surface area contributed by atoms with Gasteiger partial charge in [0.05, 0.1) is 0 Å². The van der Waals surface area contributed by atoms with Crippen molar-refractivity contribution in [2.75, 3.05) is 6.26 Å². The molecular formula is C25H32O4S2. The average Bonchev–Trinajstić information content (AvgIpc) is 3.35. The second kappa shape index (κ2) is 8.47. The first-order chi connectivity index (χ1) is 14.9. The van der Waals surface area contributed by atoms with Crippen LogP contribution in [0.1, 0.15) is 64.7 Å². The molecule has 0 spiro atoms. The number of benzene rings is 1. The minimum Gasteiger partial charge on any atom is -0.387 e. The van der Waals surface area contributed by atoms with E-state index in [1.807, 2.05) is 23.7 Å². The van der Waals surface area contributed by atoms with Crippen LogP contribution in [0.5, 0.6) is 0 Å². The first-order valence-corrected chi connectivity index (χ1v) is 13.4. The lowest BCUT2D eigenvalue weighted by Gasteiger charge is -2.40. The zero-order valence-corrected chi connectivity index (χ0v) is 19.8. The summed E-state index contributed by atoms with van der Waals surface area (Å²) in [6, 6.07) is 10.8. The van der Waals surface area contributed by atoms with Crippen LogP contribution in [0, 0.1) is 12.8 Å². The van der Waals surface area contributed by atoms with Crippen LogP contribution in [0.25, 0.3) is 0 Å². The molecule has 4 nitrogen and oxygen atoms in total. The van der Waals surface area contributed by atoms with E-state index in [9.17, 15) is 15.3 Å². The minimum absolute atomic E-state index is 0.488. The van der Waals surface area contributed by atoms with Gasteiger partial charge < -0.3 is 20.1 Å². The molecule has 2 saturated carbocycles. The van der Waals surface area contributed by atoms with Gasteiger partial charge in [0.2, 0.25) is 0 Å². The highest BCUT2D eigenvalue weighted by Crippen LogP contribution is 2.63. The van der Waals surface area contributed by atoms with Crippen molar-refractivity contribution in [1.29, 1.82) is 0 Å². The van der Waals surface area contributed by atoms with Crippen molar-refractivity contribution in [3.63, 3.8) is 0 Å². The number of fused-ring (bicyclic) bond motifs is 1. The summed E-state index contributed by atoms with van der Waals surface area (Å²) in [5, 5.41) is 31.0. The summed E-state index contributed by atoms with van der Waals surface area (Å²) in [5.74, 6) is 0.911. The van der Waals surface area contributed by atoms with Crippen LogP contribution in [0.15, 0.2) is 30.3 Å². The van der Waals surface area contributed by atoms with Crippen LogP contribution in [0.3, 0.4) is 0 Å². The number of thiophene rings is 1. The fourth-order valence-electron chi connectivity index (χ4n) is 5.63. The van der Waals surface area contributed by atoms with Crippen LogP contribution in [0.4, 0.5) is 0 Å². The van der Waals surface area contributed by atoms with Crippen molar-refractivity contribution in [3.05, 3.63) is 56.8 Å². The molecule has 3 N–H and O–H groups in total. The van der Waals surface area contributed by atoms with Crippen molar-refractivity contribution in [2.45, 2.75) is 80.7 Å². The van der Waals surface area contributed by atoms with E-state index >= 15 is 0 Å². The topological polar surface area (TPSA) is 69.9 Å². The van der Waals surface area contributed by atoms with Crippen LogP contribution < -0.4 is 0 Å². The first kappa shape index (κ1) is 21.9. The number of thioether (sulfide) groups is 1. The molecule has 2 aliphatic carbocycles. The molecule has 1 aromatic heterocycles. The summed E-state index contributed by atoms with van der Waals surface area (Å²) < 4.78 is 5.97. The Balaban J connectivity index is 1.36. The van der Waals surface area contributed by atoms with E-state index in [0.29, 0.717) is 5.41 Å². The van der Waals surface area contributed by atoms with Crippen molar-refractivity contribution in [2.24, 2.45) is 5.92 Å². The highest BCUT2D eigenvalue weighted by atomic mass is 32.2. The fourth-order valence-corrected chi connectivity index (χ4v) is 7.64. The maximum Gasteiger partial charge on any atom is 0.132 e. The molecule has 0 radical (unpaired) electrons. The Kier molecular flexibility index (Phi) is 5.99. The molecule has 1 aromatic carbocycles. The summed E-state index contributed by atoms with van der Waals surface area (Å²) in [5.41, 5.74) is 3.21. The van der Waals surface area contributed by atoms with Gasteiger partial charge in [-0.05, 0) is 67.2 Å². The van der Waals surface area contributed by atoms with E-state index < -0.39 is 29.9 Å². The Bertz CT molecular complexity index is 941. The molecule has 1 aliphatic heterocycles. The van der Waals surface area contributed by atoms with Crippen LogP contribution in [-0.4, -0.2) is 45.3 Å². The molecule has 1 saturated heterocycles. The maximum atomic E-state index is 10.6. The molecule has 168 valence electrons. The maximum absolute atomic E-state index is 10.6. The zero-order chi connectivity index (χ0) is 21.8.